The molecule has 0 unspecified atom stereocenters. The lowest BCUT2D eigenvalue weighted by molar-refractivity contribution is 0.340. The van der Waals surface area contributed by atoms with Crippen molar-refractivity contribution in [2.24, 2.45) is 0 Å². The van der Waals surface area contributed by atoms with Crippen LogP contribution in [0.25, 0.3) is 10.8 Å². The van der Waals surface area contributed by atoms with Gasteiger partial charge in [0.1, 0.15) is 5.75 Å². The predicted octanol–water partition coefficient (Wildman–Crippen LogP) is 4.43. The summed E-state index contributed by atoms with van der Waals surface area (Å²) in [4.78, 5) is 0. The molecule has 21 heavy (non-hydrogen) atoms. The summed E-state index contributed by atoms with van der Waals surface area (Å²) in [5, 5.41) is 13.6. The minimum absolute atomic E-state index is 0.405. The summed E-state index contributed by atoms with van der Waals surface area (Å²) in [5.41, 5.74) is 0.917. The Labute approximate surface area is 127 Å². The van der Waals surface area contributed by atoms with Crippen LogP contribution in [0.5, 0.6) is 5.75 Å². The standard InChI is InChI=1S/C16H14ClN3O/c1-2-21-12-9-7-11(8-10-12)18-16-14-6-4-3-5-13(14)15(17)19-20-16/h3-10H,2H2,1H3,(H,18,20). The summed E-state index contributed by atoms with van der Waals surface area (Å²) in [5.74, 6) is 1.52. The van der Waals surface area contributed by atoms with Gasteiger partial charge in [-0.25, -0.2) is 0 Å². The van der Waals surface area contributed by atoms with Gasteiger partial charge >= 0.3 is 0 Å². The number of nitrogens with zero attached hydrogens (tertiary/aromatic N) is 2. The maximum absolute atomic E-state index is 6.07. The van der Waals surface area contributed by atoms with Gasteiger partial charge < -0.3 is 10.1 Å². The van der Waals surface area contributed by atoms with E-state index < -0.39 is 0 Å². The molecule has 0 saturated heterocycles. The van der Waals surface area contributed by atoms with Crippen LogP contribution >= 0.6 is 11.6 Å². The van der Waals surface area contributed by atoms with Crippen LogP contribution in [0.4, 0.5) is 11.5 Å². The number of nitrogens with one attached hydrogen (secondary N) is 1. The number of ether oxygens (including phenoxy) is 1. The van der Waals surface area contributed by atoms with Gasteiger partial charge in [-0.2, -0.15) is 0 Å². The van der Waals surface area contributed by atoms with Gasteiger partial charge in [-0.15, -0.1) is 10.2 Å². The average Bonchev–Trinajstić information content (AvgIpc) is 2.52. The summed E-state index contributed by atoms with van der Waals surface area (Å²) >= 11 is 6.07. The van der Waals surface area contributed by atoms with E-state index in [4.69, 9.17) is 16.3 Å². The van der Waals surface area contributed by atoms with E-state index >= 15 is 0 Å². The van der Waals surface area contributed by atoms with Crippen LogP contribution in [0.1, 0.15) is 6.92 Å². The van der Waals surface area contributed by atoms with Crippen LogP contribution in [0, 0.1) is 0 Å². The average molecular weight is 300 g/mol. The van der Waals surface area contributed by atoms with Crippen LogP contribution in [0.2, 0.25) is 5.15 Å². The first kappa shape index (κ1) is 13.6. The number of rotatable bonds is 4. The second-order valence-electron chi connectivity index (χ2n) is 4.47. The van der Waals surface area contributed by atoms with Gasteiger partial charge in [0.2, 0.25) is 0 Å². The highest BCUT2D eigenvalue weighted by atomic mass is 35.5. The number of fused-ring (bicyclic) bond motifs is 1. The fraction of sp³-hybridized carbons (Fsp3) is 0.125. The second-order valence-corrected chi connectivity index (χ2v) is 4.83. The van der Waals surface area contributed by atoms with E-state index in [-0.39, 0.29) is 0 Å². The van der Waals surface area contributed by atoms with Crippen molar-refractivity contribution in [2.45, 2.75) is 6.92 Å². The third-order valence-electron chi connectivity index (χ3n) is 3.07. The van der Waals surface area contributed by atoms with E-state index in [0.717, 1.165) is 22.2 Å². The number of halogens is 1. The molecule has 0 atom stereocenters. The fourth-order valence-corrected chi connectivity index (χ4v) is 2.30. The Hall–Kier alpha value is -2.33. The molecule has 0 amide bonds. The molecule has 0 aliphatic rings. The number of anilines is 2. The normalized spacial score (nSPS) is 10.6. The third-order valence-corrected chi connectivity index (χ3v) is 3.35. The lowest BCUT2D eigenvalue weighted by Crippen LogP contribution is -1.98. The highest BCUT2D eigenvalue weighted by Crippen LogP contribution is 2.28. The molecule has 5 heteroatoms. The third kappa shape index (κ3) is 2.90. The minimum Gasteiger partial charge on any atom is -0.494 e. The maximum atomic E-state index is 6.07. The van der Waals surface area contributed by atoms with Crippen LogP contribution in [-0.2, 0) is 0 Å². The van der Waals surface area contributed by atoms with Crippen molar-refractivity contribution in [1.29, 1.82) is 0 Å². The van der Waals surface area contributed by atoms with Crippen molar-refractivity contribution < 1.29 is 4.74 Å². The van der Waals surface area contributed by atoms with Crippen molar-refractivity contribution in [2.75, 3.05) is 11.9 Å². The van der Waals surface area contributed by atoms with E-state index in [1.807, 2.05) is 55.5 Å². The summed E-state index contributed by atoms with van der Waals surface area (Å²) in [7, 11) is 0. The molecule has 1 aromatic heterocycles. The quantitative estimate of drug-likeness (QED) is 0.774. The molecule has 3 aromatic rings. The topological polar surface area (TPSA) is 47.0 Å². The van der Waals surface area contributed by atoms with Gasteiger partial charge in [-0.1, -0.05) is 35.9 Å². The molecule has 0 fully saturated rings. The van der Waals surface area contributed by atoms with Crippen LogP contribution in [0.15, 0.2) is 48.5 Å². The number of hydrogen-bond donors (Lipinski definition) is 1. The Bertz CT molecular complexity index is 759. The second kappa shape index (κ2) is 5.97. The Kier molecular flexibility index (Phi) is 3.88. The van der Waals surface area contributed by atoms with Gasteiger partial charge in [0.05, 0.1) is 6.61 Å². The SMILES string of the molecule is CCOc1ccc(Nc2nnc(Cl)c3ccccc23)cc1. The van der Waals surface area contributed by atoms with Gasteiger partial charge in [0.25, 0.3) is 0 Å². The minimum atomic E-state index is 0.405. The maximum Gasteiger partial charge on any atom is 0.161 e. The van der Waals surface area contributed by atoms with Gasteiger partial charge in [0.15, 0.2) is 11.0 Å². The predicted molar refractivity (Wildman–Crippen MR) is 85.4 cm³/mol. The summed E-state index contributed by atoms with van der Waals surface area (Å²) < 4.78 is 5.42. The Morgan fingerprint density at radius 3 is 2.43 bits per heavy atom. The Balaban J connectivity index is 1.93. The molecule has 106 valence electrons. The monoisotopic (exact) mass is 299 g/mol. The molecule has 3 rings (SSSR count). The molecular formula is C16H14ClN3O. The molecule has 0 aliphatic carbocycles. The Morgan fingerprint density at radius 1 is 1.00 bits per heavy atom. The van der Waals surface area contributed by atoms with Crippen LogP contribution in [0.3, 0.4) is 0 Å². The molecule has 0 saturated carbocycles. The van der Waals surface area contributed by atoms with Crippen molar-refractivity contribution in [3.05, 3.63) is 53.7 Å². The van der Waals surface area contributed by atoms with E-state index in [1.54, 1.807) is 0 Å². The van der Waals surface area contributed by atoms with E-state index in [2.05, 4.69) is 15.5 Å². The number of benzene rings is 2. The largest absolute Gasteiger partial charge is 0.494 e. The fourth-order valence-electron chi connectivity index (χ4n) is 2.10. The van der Waals surface area contributed by atoms with Crippen molar-refractivity contribution >= 4 is 33.9 Å². The number of hydrogen-bond acceptors (Lipinski definition) is 4. The first-order chi connectivity index (χ1) is 10.3. The first-order valence-electron chi connectivity index (χ1n) is 6.68. The van der Waals surface area contributed by atoms with E-state index in [1.165, 1.54) is 0 Å². The van der Waals surface area contributed by atoms with Crippen LogP contribution < -0.4 is 10.1 Å². The molecule has 1 N–H and O–H groups in total. The molecule has 2 aromatic carbocycles. The zero-order chi connectivity index (χ0) is 14.7. The summed E-state index contributed by atoms with van der Waals surface area (Å²) in [6.45, 7) is 2.61. The van der Waals surface area contributed by atoms with E-state index in [9.17, 15) is 0 Å². The smallest absolute Gasteiger partial charge is 0.161 e. The lowest BCUT2D eigenvalue weighted by Gasteiger charge is -2.09. The zero-order valence-corrected chi connectivity index (χ0v) is 12.3. The Morgan fingerprint density at radius 2 is 1.71 bits per heavy atom. The zero-order valence-electron chi connectivity index (χ0n) is 11.5. The lowest BCUT2D eigenvalue weighted by atomic mass is 10.2. The molecule has 0 spiro atoms. The molecule has 0 aliphatic heterocycles. The molecule has 0 radical (unpaired) electrons. The highest BCUT2D eigenvalue weighted by Gasteiger charge is 2.07. The van der Waals surface area contributed by atoms with Gasteiger partial charge in [-0.05, 0) is 31.2 Å². The van der Waals surface area contributed by atoms with E-state index in [0.29, 0.717) is 17.6 Å². The molecule has 4 nitrogen and oxygen atoms in total. The van der Waals surface area contributed by atoms with Crippen molar-refractivity contribution in [3.63, 3.8) is 0 Å². The summed E-state index contributed by atoms with van der Waals surface area (Å²) in [6, 6.07) is 15.5. The summed E-state index contributed by atoms with van der Waals surface area (Å²) in [6.07, 6.45) is 0. The number of aromatic nitrogens is 2. The van der Waals surface area contributed by atoms with Gasteiger partial charge in [0, 0.05) is 16.5 Å². The van der Waals surface area contributed by atoms with Crippen LogP contribution in [-0.4, -0.2) is 16.8 Å². The molecule has 1 heterocycles. The molecule has 0 bridgehead atoms. The molecular weight excluding hydrogens is 286 g/mol. The van der Waals surface area contributed by atoms with Gasteiger partial charge in [-0.3, -0.25) is 0 Å². The highest BCUT2D eigenvalue weighted by molar-refractivity contribution is 6.34. The first-order valence-corrected chi connectivity index (χ1v) is 7.06. The van der Waals surface area contributed by atoms with Crippen molar-refractivity contribution in [1.82, 2.24) is 10.2 Å². The van der Waals surface area contributed by atoms with Crippen molar-refractivity contribution in [3.8, 4) is 5.75 Å².